The van der Waals surface area contributed by atoms with Crippen LogP contribution in [0.2, 0.25) is 0 Å². The summed E-state index contributed by atoms with van der Waals surface area (Å²) in [7, 11) is 0. The van der Waals surface area contributed by atoms with Crippen molar-refractivity contribution in [3.8, 4) is 5.75 Å². The van der Waals surface area contributed by atoms with Gasteiger partial charge in [-0.3, -0.25) is 0 Å². The molecule has 0 N–H and O–H groups in total. The van der Waals surface area contributed by atoms with E-state index in [1.807, 2.05) is 54.6 Å². The maximum Gasteiger partial charge on any atom is 0.417 e. The normalized spacial score (nSPS) is 10.0. The molecule has 0 spiro atoms. The Labute approximate surface area is 119 Å². The van der Waals surface area contributed by atoms with Gasteiger partial charge in [0.2, 0.25) is 0 Å². The first-order valence-electron chi connectivity index (χ1n) is 6.63. The van der Waals surface area contributed by atoms with Crippen LogP contribution in [0.1, 0.15) is 17.5 Å². The Kier molecular flexibility index (Phi) is 5.65. The van der Waals surface area contributed by atoms with Crippen LogP contribution in [0.25, 0.3) is 0 Å². The summed E-state index contributed by atoms with van der Waals surface area (Å²) in [4.78, 5) is 9.89. The maximum atomic E-state index is 9.89. The van der Waals surface area contributed by atoms with Gasteiger partial charge in [0.15, 0.2) is 0 Å². The molecule has 0 amide bonds. The van der Waals surface area contributed by atoms with Crippen LogP contribution in [0.3, 0.4) is 0 Å². The Balaban J connectivity index is 1.78. The van der Waals surface area contributed by atoms with E-state index in [1.165, 1.54) is 12.0 Å². The van der Waals surface area contributed by atoms with E-state index in [9.17, 15) is 4.79 Å². The van der Waals surface area contributed by atoms with E-state index in [1.54, 1.807) is 0 Å². The molecule has 2 rings (SSSR count). The van der Waals surface area contributed by atoms with Crippen molar-refractivity contribution in [1.29, 1.82) is 0 Å². The van der Waals surface area contributed by atoms with Crippen molar-refractivity contribution in [3.05, 3.63) is 65.7 Å². The molecule has 0 fully saturated rings. The van der Waals surface area contributed by atoms with Gasteiger partial charge in [-0.15, -0.1) is 0 Å². The van der Waals surface area contributed by atoms with E-state index in [0.29, 0.717) is 13.2 Å². The SMILES string of the molecule is O=[C]OCCCc1ccc(OCc2ccccc2)cc1. The average Bonchev–Trinajstić information content (AvgIpc) is 2.52. The Morgan fingerprint density at radius 2 is 1.65 bits per heavy atom. The van der Waals surface area contributed by atoms with Gasteiger partial charge in [0.1, 0.15) is 12.4 Å². The molecule has 0 aliphatic heterocycles. The van der Waals surface area contributed by atoms with Gasteiger partial charge in [-0.25, -0.2) is 4.79 Å². The lowest BCUT2D eigenvalue weighted by Gasteiger charge is -2.07. The second kappa shape index (κ2) is 8.00. The van der Waals surface area contributed by atoms with Crippen molar-refractivity contribution in [2.75, 3.05) is 6.61 Å². The molecular formula is C17H17O3. The van der Waals surface area contributed by atoms with Crippen LogP contribution in [-0.4, -0.2) is 13.1 Å². The number of hydrogen-bond acceptors (Lipinski definition) is 3. The summed E-state index contributed by atoms with van der Waals surface area (Å²) in [5.41, 5.74) is 2.35. The van der Waals surface area contributed by atoms with E-state index >= 15 is 0 Å². The van der Waals surface area contributed by atoms with Crippen LogP contribution in [0.15, 0.2) is 54.6 Å². The molecule has 0 heterocycles. The van der Waals surface area contributed by atoms with E-state index in [4.69, 9.17) is 4.74 Å². The zero-order valence-electron chi connectivity index (χ0n) is 11.2. The van der Waals surface area contributed by atoms with Gasteiger partial charge in [0.05, 0.1) is 6.61 Å². The third-order valence-electron chi connectivity index (χ3n) is 2.94. The summed E-state index contributed by atoms with van der Waals surface area (Å²) in [5, 5.41) is 0. The number of ether oxygens (including phenoxy) is 2. The zero-order valence-corrected chi connectivity index (χ0v) is 11.2. The Bertz CT molecular complexity index is 506. The summed E-state index contributed by atoms with van der Waals surface area (Å²) in [6, 6.07) is 18.1. The van der Waals surface area contributed by atoms with E-state index < -0.39 is 0 Å². The molecule has 3 nitrogen and oxygen atoms in total. The molecule has 0 aliphatic rings. The highest BCUT2D eigenvalue weighted by molar-refractivity contribution is 5.38. The predicted molar refractivity (Wildman–Crippen MR) is 77.2 cm³/mol. The van der Waals surface area contributed by atoms with Gasteiger partial charge in [0.25, 0.3) is 0 Å². The lowest BCUT2D eigenvalue weighted by Crippen LogP contribution is -1.96. The van der Waals surface area contributed by atoms with Crippen LogP contribution in [-0.2, 0) is 22.6 Å². The molecule has 0 aromatic heterocycles. The van der Waals surface area contributed by atoms with Gasteiger partial charge in [-0.1, -0.05) is 42.5 Å². The van der Waals surface area contributed by atoms with Crippen LogP contribution in [0.4, 0.5) is 0 Å². The smallest absolute Gasteiger partial charge is 0.417 e. The molecule has 0 bridgehead atoms. The first-order chi connectivity index (χ1) is 9.88. The third-order valence-corrected chi connectivity index (χ3v) is 2.94. The molecule has 2 aromatic carbocycles. The van der Waals surface area contributed by atoms with Crippen LogP contribution < -0.4 is 4.74 Å². The highest BCUT2D eigenvalue weighted by Gasteiger charge is 1.97. The van der Waals surface area contributed by atoms with Crippen molar-refractivity contribution < 1.29 is 14.3 Å². The summed E-state index contributed by atoms with van der Waals surface area (Å²) >= 11 is 0. The summed E-state index contributed by atoms with van der Waals surface area (Å²) < 4.78 is 10.3. The van der Waals surface area contributed by atoms with Gasteiger partial charge in [0, 0.05) is 0 Å². The standard InChI is InChI=1S/C17H17O3/c18-14-19-12-4-7-15-8-10-17(11-9-15)20-13-16-5-2-1-3-6-16/h1-3,5-6,8-11H,4,7,12-13H2. The van der Waals surface area contributed by atoms with Crippen molar-refractivity contribution in [3.63, 3.8) is 0 Å². The summed E-state index contributed by atoms with van der Waals surface area (Å²) in [5.74, 6) is 0.857. The quantitative estimate of drug-likeness (QED) is 0.690. The lowest BCUT2D eigenvalue weighted by atomic mass is 10.1. The molecule has 1 radical (unpaired) electrons. The highest BCUT2D eigenvalue weighted by atomic mass is 16.5. The minimum Gasteiger partial charge on any atom is -0.489 e. The van der Waals surface area contributed by atoms with Gasteiger partial charge in [-0.05, 0) is 36.1 Å². The maximum absolute atomic E-state index is 9.89. The fourth-order valence-electron chi connectivity index (χ4n) is 1.88. The highest BCUT2D eigenvalue weighted by Crippen LogP contribution is 2.15. The number of carbonyl (C=O) groups excluding carboxylic acids is 1. The molecule has 0 unspecified atom stereocenters. The predicted octanol–water partition coefficient (Wildman–Crippen LogP) is 3.28. The second-order valence-electron chi connectivity index (χ2n) is 4.45. The minimum absolute atomic E-state index is 0.412. The van der Waals surface area contributed by atoms with Gasteiger partial charge < -0.3 is 9.47 Å². The summed E-state index contributed by atoms with van der Waals surface area (Å²) in [6.45, 7) is 2.41. The van der Waals surface area contributed by atoms with Gasteiger partial charge >= 0.3 is 6.47 Å². The van der Waals surface area contributed by atoms with Gasteiger partial charge in [-0.2, -0.15) is 0 Å². The van der Waals surface area contributed by atoms with Crippen molar-refractivity contribution in [2.24, 2.45) is 0 Å². The molecule has 0 aliphatic carbocycles. The van der Waals surface area contributed by atoms with Crippen LogP contribution in [0, 0.1) is 0 Å². The Morgan fingerprint density at radius 1 is 0.900 bits per heavy atom. The Hall–Kier alpha value is -2.29. The lowest BCUT2D eigenvalue weighted by molar-refractivity contribution is 0.273. The van der Waals surface area contributed by atoms with E-state index in [-0.39, 0.29) is 0 Å². The Morgan fingerprint density at radius 3 is 2.35 bits per heavy atom. The largest absolute Gasteiger partial charge is 0.489 e. The minimum atomic E-state index is 0.412. The number of rotatable bonds is 8. The third kappa shape index (κ3) is 4.76. The van der Waals surface area contributed by atoms with E-state index in [0.717, 1.165) is 24.2 Å². The zero-order chi connectivity index (χ0) is 14.0. The monoisotopic (exact) mass is 269 g/mol. The van der Waals surface area contributed by atoms with Crippen molar-refractivity contribution in [1.82, 2.24) is 0 Å². The molecule has 103 valence electrons. The molecule has 2 aromatic rings. The molecule has 0 saturated heterocycles. The fraction of sp³-hybridized carbons (Fsp3) is 0.235. The van der Waals surface area contributed by atoms with E-state index in [2.05, 4.69) is 4.74 Å². The fourth-order valence-corrected chi connectivity index (χ4v) is 1.88. The first-order valence-corrected chi connectivity index (χ1v) is 6.63. The molecule has 20 heavy (non-hydrogen) atoms. The summed E-state index contributed by atoms with van der Waals surface area (Å²) in [6.07, 6.45) is 1.68. The molecule has 0 atom stereocenters. The number of hydrogen-bond donors (Lipinski definition) is 0. The second-order valence-corrected chi connectivity index (χ2v) is 4.45. The first kappa shape index (κ1) is 14.1. The van der Waals surface area contributed by atoms with Crippen LogP contribution >= 0.6 is 0 Å². The van der Waals surface area contributed by atoms with Crippen molar-refractivity contribution in [2.45, 2.75) is 19.4 Å². The molecule has 3 heteroatoms. The van der Waals surface area contributed by atoms with Crippen molar-refractivity contribution >= 4 is 6.47 Å². The average molecular weight is 269 g/mol. The molecule has 0 saturated carbocycles. The topological polar surface area (TPSA) is 35.5 Å². The number of benzene rings is 2. The number of aryl methyl sites for hydroxylation is 1. The molecular weight excluding hydrogens is 252 g/mol. The van der Waals surface area contributed by atoms with Crippen LogP contribution in [0.5, 0.6) is 5.75 Å².